The summed E-state index contributed by atoms with van der Waals surface area (Å²) in [6, 6.07) is 0. The topological polar surface area (TPSA) is 448 Å². The van der Waals surface area contributed by atoms with E-state index in [0.29, 0.717) is 0 Å². The first kappa shape index (κ1) is 48.6. The molecule has 0 bridgehead atoms. The van der Waals surface area contributed by atoms with Gasteiger partial charge in [0, 0.05) is 0 Å². The molecule has 0 atom stereocenters. The van der Waals surface area contributed by atoms with E-state index in [4.69, 9.17) is 105 Å². The number of hydrogen-bond acceptors (Lipinski definition) is 12. The van der Waals surface area contributed by atoms with Gasteiger partial charge in [-0.2, -0.15) is 50.5 Å². The minimum Gasteiger partial charge on any atom is -1.00 e. The van der Waals surface area contributed by atoms with Gasteiger partial charge in [0.25, 0.3) is 0 Å². The molecule has 0 aliphatic rings. The van der Waals surface area contributed by atoms with Crippen LogP contribution in [0.4, 0.5) is 0 Å². The van der Waals surface area contributed by atoms with E-state index >= 15 is 0 Å². The fourth-order valence-corrected chi connectivity index (χ4v) is 0. The van der Waals surface area contributed by atoms with Crippen molar-refractivity contribution in [3.63, 3.8) is 0 Å². The minimum absolute atomic E-state index is 0. The van der Waals surface area contributed by atoms with E-state index in [2.05, 4.69) is 0 Å². The van der Waals surface area contributed by atoms with Crippen molar-refractivity contribution in [1.29, 1.82) is 0 Å². The fourth-order valence-electron chi connectivity index (χ4n) is 0. The Labute approximate surface area is 197 Å². The van der Waals surface area contributed by atoms with Gasteiger partial charge in [0.2, 0.25) is 0 Å². The summed E-state index contributed by atoms with van der Waals surface area (Å²) in [5.74, 6) is 0. The molecule has 0 aliphatic heterocycles. The van der Waals surface area contributed by atoms with E-state index in [1.807, 2.05) is 0 Å². The average molecular weight is 612 g/mol. The molecule has 0 aromatic heterocycles. The van der Waals surface area contributed by atoms with Gasteiger partial charge in [0.1, 0.15) is 0 Å². The molecule has 0 aromatic rings. The number of rotatable bonds is 0. The minimum atomic E-state index is -4.67. The largest absolute Gasteiger partial charge is 1.00 e. The Morgan fingerprint density at radius 2 is 0.258 bits per heavy atom. The van der Waals surface area contributed by atoms with Gasteiger partial charge in [-0.1, -0.05) is 0 Å². The van der Waals surface area contributed by atoms with E-state index in [-0.39, 0.29) is 31.0 Å². The van der Waals surface area contributed by atoms with Crippen molar-refractivity contribution in [3.05, 3.63) is 0 Å². The predicted octanol–water partition coefficient (Wildman–Crippen LogP) is -6.80. The summed E-state index contributed by atoms with van der Waals surface area (Å²) < 4.78 is 190. The van der Waals surface area contributed by atoms with Crippen LogP contribution >= 0.6 is 0 Å². The third kappa shape index (κ3) is 497000. The van der Waals surface area contributed by atoms with Gasteiger partial charge in [-0.3, -0.25) is 54.6 Å². The first-order valence-corrected chi connectivity index (χ1v) is 12.6. The molecule has 194 valence electrons. The van der Waals surface area contributed by atoms with Gasteiger partial charge in [0.05, 0.1) is 0 Å². The quantitative estimate of drug-likeness (QED) is 0.0892. The van der Waals surface area contributed by atoms with Crippen LogP contribution in [0, 0.1) is 0 Å². The normalized spacial score (nSPS) is 11.2. The van der Waals surface area contributed by atoms with Crippen molar-refractivity contribution >= 4 is 62.4 Å². The van der Waals surface area contributed by atoms with Crippen LogP contribution in [0.15, 0.2) is 0 Å². The second-order valence-electron chi connectivity index (χ2n) is 2.69. The van der Waals surface area contributed by atoms with Crippen LogP contribution in [0.3, 0.4) is 0 Å². The molecule has 0 aromatic carbocycles. The third-order valence-electron chi connectivity index (χ3n) is 0. The van der Waals surface area contributed by atoms with Gasteiger partial charge < -0.3 is 1.43 Å². The van der Waals surface area contributed by atoms with Crippen molar-refractivity contribution in [2.75, 3.05) is 0 Å². The van der Waals surface area contributed by atoms with Crippen LogP contribution in [0.2, 0.25) is 0 Å². The first-order chi connectivity index (χ1) is 12.0. The molecule has 0 saturated carbocycles. The van der Waals surface area contributed by atoms with E-state index in [1.165, 1.54) is 0 Å². The van der Waals surface area contributed by atoms with E-state index in [9.17, 15) is 0 Å². The molecule has 0 amide bonds. The fraction of sp³-hybridized carbons (Fsp3) is 0. The monoisotopic (exact) mass is 612 g/mol. The van der Waals surface area contributed by atoms with Crippen molar-refractivity contribution < 1.29 is 136 Å². The Balaban J connectivity index is -0.0000000356. The van der Waals surface area contributed by atoms with Gasteiger partial charge in [0.15, 0.2) is 0 Å². The molecule has 31 heavy (non-hydrogen) atoms. The van der Waals surface area contributed by atoms with Crippen molar-refractivity contribution in [2.45, 2.75) is 0 Å². The van der Waals surface area contributed by atoms with Crippen LogP contribution in [0.25, 0.3) is 0 Å². The molecule has 0 unspecified atom stereocenters. The molecule has 0 radical (unpaired) electrons. The SMILES string of the molecule is O=S(=O)(O)O.O=S(=O)(O)O.O=S(=O)(O)O.O=S(=O)(O)O.O=S(=O)(O)O.O=S(=O)(O)O.[H-].[Na+]. The maximum atomic E-state index is 8.74. The Bertz CT molecular complexity index is 766. The zero-order valence-corrected chi connectivity index (χ0v) is 20.6. The molecule has 0 spiro atoms. The predicted molar refractivity (Wildman–Crippen MR) is 86.2 cm³/mol. The van der Waals surface area contributed by atoms with E-state index in [1.54, 1.807) is 0 Å². The Morgan fingerprint density at radius 1 is 0.258 bits per heavy atom. The summed E-state index contributed by atoms with van der Waals surface area (Å²) in [5, 5.41) is 0. The van der Waals surface area contributed by atoms with Crippen molar-refractivity contribution in [1.82, 2.24) is 0 Å². The average Bonchev–Trinajstić information content (AvgIpc) is 1.94. The summed E-state index contributed by atoms with van der Waals surface area (Å²) in [6.07, 6.45) is 0. The third-order valence-corrected chi connectivity index (χ3v) is 0. The Kier molecular flexibility index (Phi) is 30.8. The smallest absolute Gasteiger partial charge is 1.00 e. The molecule has 0 rings (SSSR count). The first-order valence-electron chi connectivity index (χ1n) is 4.19. The summed E-state index contributed by atoms with van der Waals surface area (Å²) in [5.41, 5.74) is 0. The molecule has 31 heteroatoms. The maximum Gasteiger partial charge on any atom is 1.00 e. The van der Waals surface area contributed by atoms with Crippen molar-refractivity contribution in [2.24, 2.45) is 0 Å². The maximum absolute atomic E-state index is 8.74. The Morgan fingerprint density at radius 3 is 0.258 bits per heavy atom. The second-order valence-corrected chi connectivity index (χ2v) is 8.06. The molecular weight excluding hydrogens is 599 g/mol. The second kappa shape index (κ2) is 19.7. The van der Waals surface area contributed by atoms with E-state index < -0.39 is 62.4 Å². The molecule has 0 fully saturated rings. The van der Waals surface area contributed by atoms with Gasteiger partial charge >= 0.3 is 92.0 Å². The van der Waals surface area contributed by atoms with Gasteiger partial charge in [-0.25, -0.2) is 0 Å². The Hall–Kier alpha value is 0.220. The van der Waals surface area contributed by atoms with Crippen LogP contribution < -0.4 is 29.6 Å². The zero-order valence-electron chi connectivity index (χ0n) is 14.7. The summed E-state index contributed by atoms with van der Waals surface area (Å²) in [4.78, 5) is 0. The van der Waals surface area contributed by atoms with Crippen molar-refractivity contribution in [3.8, 4) is 0 Å². The molecular formula is H13NaO24S6. The van der Waals surface area contributed by atoms with Crippen LogP contribution in [0.1, 0.15) is 1.43 Å². The van der Waals surface area contributed by atoms with Crippen LogP contribution in [-0.4, -0.2) is 105 Å². The zero-order chi connectivity index (χ0) is 27.0. The van der Waals surface area contributed by atoms with Crippen LogP contribution in [-0.2, 0) is 62.4 Å². The molecule has 12 N–H and O–H groups in total. The van der Waals surface area contributed by atoms with Crippen LogP contribution in [0.5, 0.6) is 0 Å². The summed E-state index contributed by atoms with van der Waals surface area (Å²) >= 11 is 0. The molecule has 0 saturated heterocycles. The molecule has 0 heterocycles. The van der Waals surface area contributed by atoms with E-state index in [0.717, 1.165) is 0 Å². The standard InChI is InChI=1S/Na.6H2O4S.H/c;6*1-5(2,3)4;/h;6*(H2,1,2,3,4);/q+1;;;;;;;-1. The van der Waals surface area contributed by atoms with Gasteiger partial charge in [-0.05, 0) is 0 Å². The number of hydrogen-bond donors (Lipinski definition) is 12. The summed E-state index contributed by atoms with van der Waals surface area (Å²) in [6.45, 7) is 0. The summed E-state index contributed by atoms with van der Waals surface area (Å²) in [7, 11) is -28.0. The van der Waals surface area contributed by atoms with Gasteiger partial charge in [-0.15, -0.1) is 0 Å². The molecule has 24 nitrogen and oxygen atoms in total. The molecule has 0 aliphatic carbocycles.